The molecule has 6 nitrogen and oxygen atoms in total. The van der Waals surface area contributed by atoms with E-state index in [2.05, 4.69) is 22.6 Å². The monoisotopic (exact) mass is 468 g/mol. The average molecular weight is 469 g/mol. The molecule has 0 aliphatic carbocycles. The highest BCUT2D eigenvalue weighted by molar-refractivity contribution is 7.80. The Morgan fingerprint density at radius 1 is 0.971 bits per heavy atom. The number of aromatic nitrogens is 2. The van der Waals surface area contributed by atoms with Gasteiger partial charge in [0.05, 0.1) is 24.4 Å². The summed E-state index contributed by atoms with van der Waals surface area (Å²) in [5, 5.41) is 8.35. The molecule has 1 aliphatic rings. The number of hydrogen-bond acceptors (Lipinski definition) is 5. The lowest BCUT2D eigenvalue weighted by Gasteiger charge is -2.37. The summed E-state index contributed by atoms with van der Waals surface area (Å²) < 4.78 is 11.3. The first kappa shape index (κ1) is 21.9. The van der Waals surface area contributed by atoms with Gasteiger partial charge in [-0.3, -0.25) is 4.90 Å². The lowest BCUT2D eigenvalue weighted by atomic mass is 9.94. The van der Waals surface area contributed by atoms with Crippen LogP contribution in [0.15, 0.2) is 89.1 Å². The Kier molecular flexibility index (Phi) is 5.86. The highest BCUT2D eigenvalue weighted by Crippen LogP contribution is 2.39. The third-order valence-electron chi connectivity index (χ3n) is 5.90. The second-order valence-electron chi connectivity index (χ2n) is 8.12. The van der Waals surface area contributed by atoms with E-state index in [1.807, 2.05) is 85.5 Å². The van der Waals surface area contributed by atoms with E-state index in [4.69, 9.17) is 26.5 Å². The Bertz CT molecular complexity index is 1360. The summed E-state index contributed by atoms with van der Waals surface area (Å²) in [5.74, 6) is 1.74. The fourth-order valence-electron chi connectivity index (χ4n) is 4.13. The van der Waals surface area contributed by atoms with Crippen LogP contribution in [0.2, 0.25) is 0 Å². The molecule has 1 atom stereocenters. The number of hydrogen-bond donors (Lipinski definition) is 1. The maximum Gasteiger partial charge on any atom is 0.258 e. The van der Waals surface area contributed by atoms with Crippen molar-refractivity contribution in [2.24, 2.45) is 0 Å². The van der Waals surface area contributed by atoms with Crippen molar-refractivity contribution in [1.82, 2.24) is 15.5 Å². The number of rotatable bonds is 5. The summed E-state index contributed by atoms with van der Waals surface area (Å²) in [6.45, 7) is 4.07. The normalized spacial score (nSPS) is 15.9. The fourth-order valence-corrected chi connectivity index (χ4v) is 4.49. The number of allylic oxidation sites excluding steroid dienone is 1. The van der Waals surface area contributed by atoms with Crippen molar-refractivity contribution < 1.29 is 9.26 Å². The minimum Gasteiger partial charge on any atom is -0.497 e. The molecule has 0 bridgehead atoms. The smallest absolute Gasteiger partial charge is 0.258 e. The van der Waals surface area contributed by atoms with E-state index in [1.165, 1.54) is 5.56 Å². The molecule has 0 fully saturated rings. The third kappa shape index (κ3) is 4.06. The van der Waals surface area contributed by atoms with E-state index < -0.39 is 0 Å². The maximum absolute atomic E-state index is 5.82. The second-order valence-corrected chi connectivity index (χ2v) is 8.51. The van der Waals surface area contributed by atoms with Gasteiger partial charge in [0.25, 0.3) is 5.89 Å². The first-order valence-corrected chi connectivity index (χ1v) is 11.4. The molecule has 2 heterocycles. The number of anilines is 1. The number of thiocarbonyl (C=S) groups is 1. The van der Waals surface area contributed by atoms with Crippen LogP contribution in [0.25, 0.3) is 17.0 Å². The van der Waals surface area contributed by atoms with Gasteiger partial charge in [-0.1, -0.05) is 71.4 Å². The zero-order chi connectivity index (χ0) is 23.7. The Morgan fingerprint density at radius 3 is 2.47 bits per heavy atom. The van der Waals surface area contributed by atoms with Gasteiger partial charge in [0.2, 0.25) is 5.82 Å². The first-order valence-electron chi connectivity index (χ1n) is 11.0. The van der Waals surface area contributed by atoms with Crippen molar-refractivity contribution in [3.05, 3.63) is 102 Å². The van der Waals surface area contributed by atoms with Gasteiger partial charge < -0.3 is 14.6 Å². The summed E-state index contributed by atoms with van der Waals surface area (Å²) in [4.78, 5) is 6.75. The summed E-state index contributed by atoms with van der Waals surface area (Å²) in [6.07, 6.45) is 0. The molecule has 0 saturated heterocycles. The molecule has 170 valence electrons. The van der Waals surface area contributed by atoms with Gasteiger partial charge in [-0.05, 0) is 43.8 Å². The Hall–Kier alpha value is -3.97. The largest absolute Gasteiger partial charge is 0.497 e. The molecule has 0 saturated carbocycles. The molecular weight excluding hydrogens is 444 g/mol. The fraction of sp³-hybridized carbons (Fsp3) is 0.148. The van der Waals surface area contributed by atoms with E-state index in [0.717, 1.165) is 33.8 Å². The SMILES string of the molecule is COc1cccc(N2C(=S)NC(c3ccccc3)C(c3nc(-c4ccc(C)cc4)no3)=C2C)c1. The predicted molar refractivity (Wildman–Crippen MR) is 137 cm³/mol. The lowest BCUT2D eigenvalue weighted by Crippen LogP contribution is -2.46. The van der Waals surface area contributed by atoms with E-state index in [0.29, 0.717) is 16.8 Å². The van der Waals surface area contributed by atoms with Crippen molar-refractivity contribution in [3.8, 4) is 17.1 Å². The van der Waals surface area contributed by atoms with Gasteiger partial charge in [0, 0.05) is 17.3 Å². The van der Waals surface area contributed by atoms with Gasteiger partial charge in [0.15, 0.2) is 5.11 Å². The molecule has 7 heteroatoms. The van der Waals surface area contributed by atoms with Crippen molar-refractivity contribution in [3.63, 3.8) is 0 Å². The maximum atomic E-state index is 5.82. The Balaban J connectivity index is 1.65. The van der Waals surface area contributed by atoms with Crippen LogP contribution in [-0.4, -0.2) is 22.4 Å². The number of nitrogens with one attached hydrogen (secondary N) is 1. The molecule has 5 rings (SSSR count). The topological polar surface area (TPSA) is 63.4 Å². The molecule has 0 amide bonds. The summed E-state index contributed by atoms with van der Waals surface area (Å²) in [5.41, 5.74) is 5.79. The highest BCUT2D eigenvalue weighted by atomic mass is 32.1. The van der Waals surface area contributed by atoms with Crippen LogP contribution in [0, 0.1) is 6.92 Å². The standard InChI is InChI=1S/C27H24N4O2S/c1-17-12-14-20(15-13-17)25-29-26(33-30-25)23-18(2)31(21-10-7-11-22(16-21)32-3)27(34)28-24(23)19-8-5-4-6-9-19/h4-16,24H,1-3H3,(H,28,34). The van der Waals surface area contributed by atoms with E-state index >= 15 is 0 Å². The average Bonchev–Trinajstić information content (AvgIpc) is 3.34. The zero-order valence-corrected chi connectivity index (χ0v) is 20.0. The van der Waals surface area contributed by atoms with Gasteiger partial charge in [-0.15, -0.1) is 0 Å². The number of ether oxygens (including phenoxy) is 1. The molecule has 0 spiro atoms. The van der Waals surface area contributed by atoms with Crippen molar-refractivity contribution in [2.75, 3.05) is 12.0 Å². The molecular formula is C27H24N4O2S. The molecule has 0 radical (unpaired) electrons. The Morgan fingerprint density at radius 2 is 1.74 bits per heavy atom. The van der Waals surface area contributed by atoms with Crippen LogP contribution in [0.1, 0.15) is 30.0 Å². The minimum atomic E-state index is -0.234. The number of methoxy groups -OCH3 is 1. The van der Waals surface area contributed by atoms with E-state index in [9.17, 15) is 0 Å². The summed E-state index contributed by atoms with van der Waals surface area (Å²) in [6, 6.07) is 25.7. The predicted octanol–water partition coefficient (Wildman–Crippen LogP) is 5.92. The van der Waals surface area contributed by atoms with E-state index in [1.54, 1.807) is 7.11 Å². The van der Waals surface area contributed by atoms with Crippen molar-refractivity contribution in [1.29, 1.82) is 0 Å². The molecule has 1 N–H and O–H groups in total. The van der Waals surface area contributed by atoms with Gasteiger partial charge >= 0.3 is 0 Å². The summed E-state index contributed by atoms with van der Waals surface area (Å²) in [7, 11) is 1.65. The molecule has 1 unspecified atom stereocenters. The lowest BCUT2D eigenvalue weighted by molar-refractivity contribution is 0.404. The first-order chi connectivity index (χ1) is 16.5. The van der Waals surface area contributed by atoms with Gasteiger partial charge in [-0.2, -0.15) is 4.98 Å². The van der Waals surface area contributed by atoms with Crippen LogP contribution < -0.4 is 15.0 Å². The molecule has 1 aliphatic heterocycles. The highest BCUT2D eigenvalue weighted by Gasteiger charge is 2.34. The van der Waals surface area contributed by atoms with Crippen LogP contribution in [0.3, 0.4) is 0 Å². The van der Waals surface area contributed by atoms with Crippen LogP contribution in [0.5, 0.6) is 5.75 Å². The molecule has 3 aromatic carbocycles. The Labute approximate surface area is 203 Å². The summed E-state index contributed by atoms with van der Waals surface area (Å²) >= 11 is 5.81. The van der Waals surface area contributed by atoms with E-state index in [-0.39, 0.29) is 6.04 Å². The third-order valence-corrected chi connectivity index (χ3v) is 6.20. The van der Waals surface area contributed by atoms with Crippen molar-refractivity contribution >= 4 is 28.6 Å². The zero-order valence-electron chi connectivity index (χ0n) is 19.1. The number of nitrogens with zero attached hydrogens (tertiary/aromatic N) is 3. The quantitative estimate of drug-likeness (QED) is 0.365. The molecule has 1 aromatic heterocycles. The van der Waals surface area contributed by atoms with Crippen molar-refractivity contribution in [2.45, 2.75) is 19.9 Å². The number of benzene rings is 3. The van der Waals surface area contributed by atoms with Crippen LogP contribution >= 0.6 is 12.2 Å². The number of aryl methyl sites for hydroxylation is 1. The molecule has 34 heavy (non-hydrogen) atoms. The van der Waals surface area contributed by atoms with Gasteiger partial charge in [-0.25, -0.2) is 0 Å². The second kappa shape index (κ2) is 9.11. The molecule has 4 aromatic rings. The van der Waals surface area contributed by atoms with Gasteiger partial charge in [0.1, 0.15) is 5.75 Å². The minimum absolute atomic E-state index is 0.234. The van der Waals surface area contributed by atoms with Crippen LogP contribution in [0.4, 0.5) is 5.69 Å². The van der Waals surface area contributed by atoms with Crippen LogP contribution in [-0.2, 0) is 0 Å².